The molecule has 2 aromatic carbocycles. The summed E-state index contributed by atoms with van der Waals surface area (Å²) < 4.78 is 22.6. The molecule has 3 aliphatic heterocycles. The second-order valence-electron chi connectivity index (χ2n) is 7.75. The molecule has 164 valence electrons. The van der Waals surface area contributed by atoms with E-state index >= 15 is 0 Å². The van der Waals surface area contributed by atoms with E-state index in [1.165, 1.54) is 0 Å². The van der Waals surface area contributed by atoms with Gasteiger partial charge in [-0.1, -0.05) is 12.1 Å². The number of hydrogen-bond donors (Lipinski definition) is 1. The van der Waals surface area contributed by atoms with Gasteiger partial charge >= 0.3 is 0 Å². The molecule has 5 rings (SSSR count). The molecule has 0 bridgehead atoms. The number of nitrogens with zero attached hydrogens (tertiary/aromatic N) is 2. The van der Waals surface area contributed by atoms with E-state index in [2.05, 4.69) is 27.2 Å². The number of amides is 1. The second kappa shape index (κ2) is 9.03. The van der Waals surface area contributed by atoms with Crippen LogP contribution in [0.4, 0.5) is 17.1 Å². The van der Waals surface area contributed by atoms with E-state index in [9.17, 15) is 4.79 Å². The molecule has 31 heavy (non-hydrogen) atoms. The van der Waals surface area contributed by atoms with E-state index in [1.807, 2.05) is 30.3 Å². The summed E-state index contributed by atoms with van der Waals surface area (Å²) in [6.07, 6.45) is -0.702. The minimum Gasteiger partial charge on any atom is -0.485 e. The fourth-order valence-electron chi connectivity index (χ4n) is 4.07. The fraction of sp³-hybridized carbons (Fsp3) is 0.435. The Balaban J connectivity index is 1.36. The molecule has 0 saturated carbocycles. The highest BCUT2D eigenvalue weighted by molar-refractivity contribution is 5.98. The number of para-hydroxylation sites is 2. The van der Waals surface area contributed by atoms with Crippen molar-refractivity contribution in [3.63, 3.8) is 0 Å². The Kier molecular flexibility index (Phi) is 5.82. The Morgan fingerprint density at radius 1 is 0.871 bits per heavy atom. The summed E-state index contributed by atoms with van der Waals surface area (Å²) in [5, 5.41) is 3.07. The molecule has 8 heteroatoms. The number of nitrogens with one attached hydrogen (secondary N) is 1. The first-order valence-corrected chi connectivity index (χ1v) is 10.8. The Hall–Kier alpha value is -2.97. The number of rotatable bonds is 4. The van der Waals surface area contributed by atoms with Gasteiger partial charge in [0, 0.05) is 31.9 Å². The summed E-state index contributed by atoms with van der Waals surface area (Å²) in [4.78, 5) is 17.6. The van der Waals surface area contributed by atoms with Crippen molar-refractivity contribution in [3.05, 3.63) is 42.5 Å². The molecule has 0 aromatic heterocycles. The van der Waals surface area contributed by atoms with E-state index in [0.717, 1.165) is 56.5 Å². The van der Waals surface area contributed by atoms with Crippen LogP contribution < -0.4 is 24.6 Å². The first-order valence-electron chi connectivity index (χ1n) is 10.8. The number of ether oxygens (including phenoxy) is 4. The quantitative estimate of drug-likeness (QED) is 0.805. The molecule has 0 spiro atoms. The Labute approximate surface area is 181 Å². The van der Waals surface area contributed by atoms with Gasteiger partial charge in [0.15, 0.2) is 11.5 Å². The van der Waals surface area contributed by atoms with E-state index in [-0.39, 0.29) is 12.5 Å². The lowest BCUT2D eigenvalue weighted by Gasteiger charge is -2.34. The maximum atomic E-state index is 13.0. The molecule has 3 heterocycles. The van der Waals surface area contributed by atoms with E-state index in [1.54, 1.807) is 0 Å². The smallest absolute Gasteiger partial charge is 0.269 e. The van der Waals surface area contributed by atoms with Crippen LogP contribution >= 0.6 is 0 Å². The van der Waals surface area contributed by atoms with Gasteiger partial charge in [-0.2, -0.15) is 0 Å². The molecule has 0 unspecified atom stereocenters. The number of carbonyl (C=O) groups is 1. The van der Waals surface area contributed by atoms with Crippen LogP contribution in [0.15, 0.2) is 42.5 Å². The SMILES string of the molecule is O=C(Nc1ccc(N2CCOCC2)cc1N1CCOCC1)[C@H]1COc2ccccc2O1. The van der Waals surface area contributed by atoms with Gasteiger partial charge in [0.1, 0.15) is 6.61 Å². The Bertz CT molecular complexity index is 925. The predicted octanol–water partition coefficient (Wildman–Crippen LogP) is 2.14. The normalized spacial score (nSPS) is 21.0. The van der Waals surface area contributed by atoms with Gasteiger partial charge in [-0.05, 0) is 30.3 Å². The molecular formula is C23H27N3O5. The Morgan fingerprint density at radius 3 is 2.29 bits per heavy atom. The van der Waals surface area contributed by atoms with Crippen LogP contribution in [0.25, 0.3) is 0 Å². The maximum absolute atomic E-state index is 13.0. The molecule has 0 radical (unpaired) electrons. The van der Waals surface area contributed by atoms with Crippen molar-refractivity contribution in [2.24, 2.45) is 0 Å². The van der Waals surface area contributed by atoms with Crippen LogP contribution in [0.2, 0.25) is 0 Å². The van der Waals surface area contributed by atoms with Crippen LogP contribution in [-0.2, 0) is 14.3 Å². The second-order valence-corrected chi connectivity index (χ2v) is 7.75. The van der Waals surface area contributed by atoms with Crippen LogP contribution in [-0.4, -0.2) is 71.2 Å². The molecule has 0 aliphatic carbocycles. The minimum absolute atomic E-state index is 0.182. The monoisotopic (exact) mass is 425 g/mol. The van der Waals surface area contributed by atoms with Crippen LogP contribution in [0, 0.1) is 0 Å². The van der Waals surface area contributed by atoms with Gasteiger partial charge in [-0.25, -0.2) is 0 Å². The van der Waals surface area contributed by atoms with Crippen molar-refractivity contribution >= 4 is 23.0 Å². The molecule has 3 aliphatic rings. The van der Waals surface area contributed by atoms with Crippen molar-refractivity contribution in [1.82, 2.24) is 0 Å². The molecule has 2 aromatic rings. The van der Waals surface area contributed by atoms with Gasteiger partial charge in [-0.3, -0.25) is 4.79 Å². The number of anilines is 3. The van der Waals surface area contributed by atoms with Gasteiger partial charge < -0.3 is 34.1 Å². The van der Waals surface area contributed by atoms with Crippen molar-refractivity contribution in [3.8, 4) is 11.5 Å². The third-order valence-electron chi connectivity index (χ3n) is 5.77. The summed E-state index contributed by atoms with van der Waals surface area (Å²) in [5.74, 6) is 1.03. The zero-order chi connectivity index (χ0) is 21.0. The Morgan fingerprint density at radius 2 is 1.55 bits per heavy atom. The van der Waals surface area contributed by atoms with Crippen molar-refractivity contribution in [2.45, 2.75) is 6.10 Å². The van der Waals surface area contributed by atoms with Gasteiger partial charge in [0.05, 0.1) is 37.8 Å². The highest BCUT2D eigenvalue weighted by atomic mass is 16.6. The summed E-state index contributed by atoms with van der Waals surface area (Å²) in [7, 11) is 0. The zero-order valence-electron chi connectivity index (χ0n) is 17.4. The topological polar surface area (TPSA) is 72.5 Å². The number of morpholine rings is 2. The van der Waals surface area contributed by atoms with E-state index in [0.29, 0.717) is 24.7 Å². The number of benzene rings is 2. The summed E-state index contributed by atoms with van der Waals surface area (Å²) in [6, 6.07) is 13.6. The highest BCUT2D eigenvalue weighted by Crippen LogP contribution is 2.34. The summed E-state index contributed by atoms with van der Waals surface area (Å²) >= 11 is 0. The highest BCUT2D eigenvalue weighted by Gasteiger charge is 2.28. The predicted molar refractivity (Wildman–Crippen MR) is 117 cm³/mol. The van der Waals surface area contributed by atoms with Crippen molar-refractivity contribution in [2.75, 3.05) is 74.3 Å². The maximum Gasteiger partial charge on any atom is 0.269 e. The lowest BCUT2D eigenvalue weighted by Crippen LogP contribution is -2.41. The fourth-order valence-corrected chi connectivity index (χ4v) is 4.07. The van der Waals surface area contributed by atoms with Gasteiger partial charge in [0.2, 0.25) is 6.10 Å². The number of hydrogen-bond acceptors (Lipinski definition) is 7. The average Bonchev–Trinajstić information content (AvgIpc) is 2.85. The first-order chi connectivity index (χ1) is 15.3. The average molecular weight is 425 g/mol. The third kappa shape index (κ3) is 4.40. The first kappa shape index (κ1) is 20.0. The van der Waals surface area contributed by atoms with Gasteiger partial charge in [0.25, 0.3) is 5.91 Å². The van der Waals surface area contributed by atoms with E-state index in [4.69, 9.17) is 18.9 Å². The van der Waals surface area contributed by atoms with Crippen molar-refractivity contribution in [1.29, 1.82) is 0 Å². The summed E-state index contributed by atoms with van der Waals surface area (Å²) in [5.41, 5.74) is 2.90. The summed E-state index contributed by atoms with van der Waals surface area (Å²) in [6.45, 7) is 6.27. The van der Waals surface area contributed by atoms with Crippen LogP contribution in [0.3, 0.4) is 0 Å². The number of carbonyl (C=O) groups excluding carboxylic acids is 1. The lowest BCUT2D eigenvalue weighted by atomic mass is 10.1. The molecule has 2 saturated heterocycles. The minimum atomic E-state index is -0.702. The van der Waals surface area contributed by atoms with Crippen LogP contribution in [0.5, 0.6) is 11.5 Å². The van der Waals surface area contributed by atoms with Crippen molar-refractivity contribution < 1.29 is 23.7 Å². The standard InChI is InChI=1S/C23H27N3O5/c27-23(22-16-30-20-3-1-2-4-21(20)31-22)24-18-6-5-17(25-7-11-28-12-8-25)15-19(18)26-9-13-29-14-10-26/h1-6,15,22H,7-14,16H2,(H,24,27)/t22-/m1/s1. The van der Waals surface area contributed by atoms with Crippen LogP contribution in [0.1, 0.15) is 0 Å². The molecule has 8 nitrogen and oxygen atoms in total. The molecular weight excluding hydrogens is 398 g/mol. The number of fused-ring (bicyclic) bond motifs is 1. The van der Waals surface area contributed by atoms with Gasteiger partial charge in [-0.15, -0.1) is 0 Å². The molecule has 1 amide bonds. The van der Waals surface area contributed by atoms with E-state index < -0.39 is 6.10 Å². The molecule has 2 fully saturated rings. The molecule has 1 atom stereocenters. The lowest BCUT2D eigenvalue weighted by molar-refractivity contribution is -0.125. The zero-order valence-corrected chi connectivity index (χ0v) is 17.4. The largest absolute Gasteiger partial charge is 0.485 e. The molecule has 1 N–H and O–H groups in total. The third-order valence-corrected chi connectivity index (χ3v) is 5.77.